The Bertz CT molecular complexity index is 629. The highest BCUT2D eigenvalue weighted by Gasteiger charge is 2.15. The van der Waals surface area contributed by atoms with Gasteiger partial charge in [-0.15, -0.1) is 23.2 Å². The van der Waals surface area contributed by atoms with Crippen LogP contribution in [0.4, 0.5) is 0 Å². The smallest absolute Gasteiger partial charge is 0.146 e. The fourth-order valence-corrected chi connectivity index (χ4v) is 2.93. The van der Waals surface area contributed by atoms with Crippen LogP contribution in [0.1, 0.15) is 20.3 Å². The van der Waals surface area contributed by atoms with Crippen molar-refractivity contribution in [1.29, 1.82) is 0 Å². The van der Waals surface area contributed by atoms with Gasteiger partial charge in [-0.25, -0.2) is 0 Å². The van der Waals surface area contributed by atoms with E-state index in [1.165, 1.54) is 0 Å². The molecule has 0 fully saturated rings. The maximum Gasteiger partial charge on any atom is 0.146 e. The van der Waals surface area contributed by atoms with Gasteiger partial charge in [0.15, 0.2) is 0 Å². The molecule has 120 valence electrons. The Morgan fingerprint density at radius 3 is 2.45 bits per heavy atom. The van der Waals surface area contributed by atoms with Crippen molar-refractivity contribution in [3.05, 3.63) is 35.4 Å². The predicted molar refractivity (Wildman–Crippen MR) is 95.2 cm³/mol. The van der Waals surface area contributed by atoms with E-state index in [-0.39, 0.29) is 11.5 Å². The summed E-state index contributed by atoms with van der Waals surface area (Å²) in [6, 6.07) is 9.65. The summed E-state index contributed by atoms with van der Waals surface area (Å²) >= 11 is 18.2. The van der Waals surface area contributed by atoms with E-state index in [0.717, 1.165) is 10.8 Å². The number of rotatable bonds is 7. The van der Waals surface area contributed by atoms with Gasteiger partial charge in [0.2, 0.25) is 0 Å². The second-order valence-electron chi connectivity index (χ2n) is 5.28. The summed E-state index contributed by atoms with van der Waals surface area (Å²) in [5.41, 5.74) is 0. The van der Waals surface area contributed by atoms with Crippen LogP contribution in [0.5, 0.6) is 11.5 Å². The van der Waals surface area contributed by atoms with E-state index in [9.17, 15) is 0 Å². The van der Waals surface area contributed by atoms with Gasteiger partial charge < -0.3 is 9.47 Å². The highest BCUT2D eigenvalue weighted by molar-refractivity contribution is 6.33. The molecule has 0 aliphatic heterocycles. The van der Waals surface area contributed by atoms with Crippen LogP contribution in [-0.2, 0) is 0 Å². The highest BCUT2D eigenvalue weighted by atomic mass is 35.5. The van der Waals surface area contributed by atoms with Gasteiger partial charge in [0.05, 0.1) is 16.5 Å². The van der Waals surface area contributed by atoms with Crippen LogP contribution < -0.4 is 9.47 Å². The number of halogens is 3. The summed E-state index contributed by atoms with van der Waals surface area (Å²) < 4.78 is 11.7. The molecule has 0 spiro atoms. The van der Waals surface area contributed by atoms with E-state index in [0.29, 0.717) is 35.4 Å². The van der Waals surface area contributed by atoms with Crippen LogP contribution in [0.2, 0.25) is 5.02 Å². The molecule has 0 aromatic heterocycles. The number of ether oxygens (including phenoxy) is 2. The summed E-state index contributed by atoms with van der Waals surface area (Å²) in [4.78, 5) is 0. The van der Waals surface area contributed by atoms with Gasteiger partial charge >= 0.3 is 0 Å². The van der Waals surface area contributed by atoms with Gasteiger partial charge in [0.1, 0.15) is 18.1 Å². The highest BCUT2D eigenvalue weighted by Crippen LogP contribution is 2.40. The lowest BCUT2D eigenvalue weighted by atomic mass is 10.1. The van der Waals surface area contributed by atoms with E-state index in [1.54, 1.807) is 6.07 Å². The van der Waals surface area contributed by atoms with Gasteiger partial charge in [0, 0.05) is 22.7 Å². The molecule has 1 atom stereocenters. The maximum absolute atomic E-state index is 6.37. The molecular formula is C17H19Cl3O2. The molecule has 0 heterocycles. The zero-order valence-corrected chi connectivity index (χ0v) is 14.9. The molecule has 2 nitrogen and oxygen atoms in total. The lowest BCUT2D eigenvalue weighted by molar-refractivity contribution is 0.245. The Labute approximate surface area is 146 Å². The largest absolute Gasteiger partial charge is 0.491 e. The molecule has 2 aromatic rings. The van der Waals surface area contributed by atoms with Gasteiger partial charge in [-0.05, 0) is 20.3 Å². The van der Waals surface area contributed by atoms with E-state index in [2.05, 4.69) is 0 Å². The topological polar surface area (TPSA) is 18.5 Å². The molecule has 22 heavy (non-hydrogen) atoms. The van der Waals surface area contributed by atoms with Crippen molar-refractivity contribution in [3.63, 3.8) is 0 Å². The van der Waals surface area contributed by atoms with E-state index in [1.807, 2.05) is 38.1 Å². The molecule has 5 heteroatoms. The monoisotopic (exact) mass is 360 g/mol. The van der Waals surface area contributed by atoms with Crippen molar-refractivity contribution in [2.45, 2.75) is 31.7 Å². The number of hydrogen-bond acceptors (Lipinski definition) is 2. The lowest BCUT2D eigenvalue weighted by Gasteiger charge is -2.18. The van der Waals surface area contributed by atoms with Crippen molar-refractivity contribution in [2.24, 2.45) is 0 Å². The quantitative estimate of drug-likeness (QED) is 0.572. The SMILES string of the molecule is CC(C)Oc1c(Cl)cc(OCC(Cl)CCCl)c2ccccc12. The normalized spacial score (nSPS) is 12.6. The summed E-state index contributed by atoms with van der Waals surface area (Å²) in [6.07, 6.45) is 0.743. The van der Waals surface area contributed by atoms with Gasteiger partial charge in [-0.3, -0.25) is 0 Å². The van der Waals surface area contributed by atoms with Crippen LogP contribution in [0.25, 0.3) is 10.8 Å². The summed E-state index contributed by atoms with van der Waals surface area (Å²) in [6.45, 7) is 4.33. The number of hydrogen-bond donors (Lipinski definition) is 0. The van der Waals surface area contributed by atoms with Crippen LogP contribution in [0.15, 0.2) is 30.3 Å². The average molecular weight is 362 g/mol. The molecule has 0 aliphatic carbocycles. The molecule has 0 saturated heterocycles. The Hall–Kier alpha value is -0.830. The van der Waals surface area contributed by atoms with E-state index >= 15 is 0 Å². The van der Waals surface area contributed by atoms with Gasteiger partial charge in [-0.2, -0.15) is 0 Å². The molecule has 0 amide bonds. The first-order chi connectivity index (χ1) is 10.5. The molecule has 2 rings (SSSR count). The molecule has 1 unspecified atom stereocenters. The second-order valence-corrected chi connectivity index (χ2v) is 6.69. The standard InChI is InChI=1S/C17H19Cl3O2/c1-11(2)22-17-14-6-4-3-5-13(14)16(9-15(17)20)21-10-12(19)7-8-18/h3-6,9,11-12H,7-8,10H2,1-2H3. The fourth-order valence-electron chi connectivity index (χ4n) is 2.14. The first-order valence-corrected chi connectivity index (χ1v) is 8.58. The minimum absolute atomic E-state index is 0.0450. The number of alkyl halides is 2. The fraction of sp³-hybridized carbons (Fsp3) is 0.412. The molecule has 2 aromatic carbocycles. The number of fused-ring (bicyclic) bond motifs is 1. The first-order valence-electron chi connectivity index (χ1n) is 7.23. The van der Waals surface area contributed by atoms with E-state index < -0.39 is 0 Å². The van der Waals surface area contributed by atoms with Crippen LogP contribution in [0, 0.1) is 0 Å². The summed E-state index contributed by atoms with van der Waals surface area (Å²) in [5, 5.41) is 2.30. The Morgan fingerprint density at radius 1 is 1.14 bits per heavy atom. The van der Waals surface area contributed by atoms with Gasteiger partial charge in [-0.1, -0.05) is 35.9 Å². The van der Waals surface area contributed by atoms with Crippen molar-refractivity contribution in [1.82, 2.24) is 0 Å². The molecule has 0 radical (unpaired) electrons. The first kappa shape index (κ1) is 17.5. The van der Waals surface area contributed by atoms with Crippen LogP contribution in [0.3, 0.4) is 0 Å². The molecule has 0 saturated carbocycles. The molecule has 0 N–H and O–H groups in total. The van der Waals surface area contributed by atoms with Crippen molar-refractivity contribution in [2.75, 3.05) is 12.5 Å². The molecule has 0 bridgehead atoms. The molecule has 0 aliphatic rings. The minimum Gasteiger partial charge on any atom is -0.491 e. The maximum atomic E-state index is 6.37. The Kier molecular flexibility index (Phi) is 6.49. The van der Waals surface area contributed by atoms with Crippen molar-refractivity contribution in [3.8, 4) is 11.5 Å². The van der Waals surface area contributed by atoms with Crippen LogP contribution >= 0.6 is 34.8 Å². The third kappa shape index (κ3) is 4.34. The third-order valence-corrected chi connectivity index (χ3v) is 3.95. The summed E-state index contributed by atoms with van der Waals surface area (Å²) in [7, 11) is 0. The average Bonchev–Trinajstić information content (AvgIpc) is 2.48. The zero-order valence-electron chi connectivity index (χ0n) is 12.6. The lowest BCUT2D eigenvalue weighted by Crippen LogP contribution is -2.12. The Morgan fingerprint density at radius 2 is 1.82 bits per heavy atom. The zero-order chi connectivity index (χ0) is 16.1. The van der Waals surface area contributed by atoms with Crippen LogP contribution in [-0.4, -0.2) is 24.0 Å². The number of benzene rings is 2. The Balaban J connectivity index is 2.36. The van der Waals surface area contributed by atoms with E-state index in [4.69, 9.17) is 44.3 Å². The predicted octanol–water partition coefficient (Wildman–Crippen LogP) is 5.90. The second kappa shape index (κ2) is 8.14. The van der Waals surface area contributed by atoms with Crippen molar-refractivity contribution >= 4 is 45.6 Å². The summed E-state index contributed by atoms with van der Waals surface area (Å²) in [5.74, 6) is 1.90. The van der Waals surface area contributed by atoms with Crippen molar-refractivity contribution < 1.29 is 9.47 Å². The van der Waals surface area contributed by atoms with Gasteiger partial charge in [0.25, 0.3) is 0 Å². The molecular weight excluding hydrogens is 343 g/mol. The minimum atomic E-state index is -0.123. The third-order valence-electron chi connectivity index (χ3n) is 3.11.